The predicted molar refractivity (Wildman–Crippen MR) is 72.1 cm³/mol. The maximum Gasteiger partial charge on any atom is 0.410 e. The number of nitrogens with zero attached hydrogens (tertiary/aromatic N) is 1. The fourth-order valence-electron chi connectivity index (χ4n) is 2.37. The molecule has 1 fully saturated rings. The molecular weight excluding hydrogens is 303 g/mol. The van der Waals surface area contributed by atoms with Crippen LogP contribution in [0, 0.1) is 11.8 Å². The van der Waals surface area contributed by atoms with Gasteiger partial charge in [0.05, 0.1) is 12.5 Å². The maximum absolute atomic E-state index is 12.6. The van der Waals surface area contributed by atoms with Crippen molar-refractivity contribution in [3.63, 3.8) is 0 Å². The van der Waals surface area contributed by atoms with Gasteiger partial charge < -0.3 is 14.4 Å². The lowest BCUT2D eigenvalue weighted by Crippen LogP contribution is -2.36. The van der Waals surface area contributed by atoms with Crippen LogP contribution in [-0.4, -0.2) is 48.4 Å². The number of carbonyl (C=O) groups excluding carboxylic acids is 2. The van der Waals surface area contributed by atoms with Crippen molar-refractivity contribution in [2.75, 3.05) is 19.7 Å². The fourth-order valence-corrected chi connectivity index (χ4v) is 2.37. The molecule has 1 aliphatic rings. The zero-order chi connectivity index (χ0) is 17.1. The summed E-state index contributed by atoms with van der Waals surface area (Å²) in [6, 6.07) is 0. The van der Waals surface area contributed by atoms with Gasteiger partial charge in [0, 0.05) is 25.4 Å². The van der Waals surface area contributed by atoms with Gasteiger partial charge in [-0.2, -0.15) is 13.2 Å². The van der Waals surface area contributed by atoms with Gasteiger partial charge in [0.25, 0.3) is 0 Å². The summed E-state index contributed by atoms with van der Waals surface area (Å²) < 4.78 is 47.9. The summed E-state index contributed by atoms with van der Waals surface area (Å²) in [5.74, 6) is -2.69. The van der Waals surface area contributed by atoms with E-state index in [0.29, 0.717) is 0 Å². The molecule has 0 aromatic rings. The lowest BCUT2D eigenvalue weighted by atomic mass is 9.93. The van der Waals surface area contributed by atoms with E-state index in [1.54, 1.807) is 27.7 Å². The minimum absolute atomic E-state index is 0.0838. The van der Waals surface area contributed by atoms with Crippen molar-refractivity contribution in [2.24, 2.45) is 11.8 Å². The SMILES string of the molecule is CCOC(=O)[C@@H]1CN(C(=O)OC(C)(C)C)C[C@H]1CC(F)(F)F. The van der Waals surface area contributed by atoms with Gasteiger partial charge >= 0.3 is 18.2 Å². The molecule has 1 aliphatic heterocycles. The van der Waals surface area contributed by atoms with Gasteiger partial charge in [-0.3, -0.25) is 4.79 Å². The Bertz CT molecular complexity index is 417. The first-order valence-corrected chi connectivity index (χ1v) is 7.14. The molecule has 0 aromatic heterocycles. The van der Waals surface area contributed by atoms with Gasteiger partial charge in [-0.15, -0.1) is 0 Å². The highest BCUT2D eigenvalue weighted by atomic mass is 19.4. The van der Waals surface area contributed by atoms with E-state index in [0.717, 1.165) is 4.90 Å². The van der Waals surface area contributed by atoms with Crippen molar-refractivity contribution in [3.8, 4) is 0 Å². The summed E-state index contributed by atoms with van der Waals surface area (Å²) in [6.45, 7) is 6.37. The molecule has 128 valence electrons. The van der Waals surface area contributed by atoms with Gasteiger partial charge in [-0.25, -0.2) is 4.79 Å². The number of alkyl halides is 3. The number of rotatable bonds is 3. The van der Waals surface area contributed by atoms with Crippen LogP contribution in [0.4, 0.5) is 18.0 Å². The van der Waals surface area contributed by atoms with Crippen LogP contribution in [0.5, 0.6) is 0 Å². The van der Waals surface area contributed by atoms with E-state index >= 15 is 0 Å². The van der Waals surface area contributed by atoms with Gasteiger partial charge in [-0.1, -0.05) is 0 Å². The summed E-state index contributed by atoms with van der Waals surface area (Å²) in [7, 11) is 0. The second-order valence-corrected chi connectivity index (χ2v) is 6.32. The first kappa shape index (κ1) is 18.6. The zero-order valence-corrected chi connectivity index (χ0v) is 13.2. The van der Waals surface area contributed by atoms with Crippen LogP contribution in [0.2, 0.25) is 0 Å². The largest absolute Gasteiger partial charge is 0.466 e. The molecule has 0 unspecified atom stereocenters. The molecule has 0 radical (unpaired) electrons. The number of halogens is 3. The van der Waals surface area contributed by atoms with E-state index in [1.807, 2.05) is 0 Å². The quantitative estimate of drug-likeness (QED) is 0.749. The number of hydrogen-bond donors (Lipinski definition) is 0. The van der Waals surface area contributed by atoms with Gasteiger partial charge in [0.2, 0.25) is 0 Å². The zero-order valence-electron chi connectivity index (χ0n) is 13.2. The third-order valence-electron chi connectivity index (χ3n) is 3.18. The molecule has 22 heavy (non-hydrogen) atoms. The van der Waals surface area contributed by atoms with Crippen LogP contribution in [0.15, 0.2) is 0 Å². The van der Waals surface area contributed by atoms with E-state index in [2.05, 4.69) is 0 Å². The van der Waals surface area contributed by atoms with E-state index in [9.17, 15) is 22.8 Å². The molecule has 0 saturated carbocycles. The number of likely N-dealkylation sites (tertiary alicyclic amines) is 1. The smallest absolute Gasteiger partial charge is 0.410 e. The molecule has 0 bridgehead atoms. The molecule has 0 aromatic carbocycles. The monoisotopic (exact) mass is 325 g/mol. The normalized spacial score (nSPS) is 22.6. The van der Waals surface area contributed by atoms with Crippen LogP contribution in [0.3, 0.4) is 0 Å². The Hall–Kier alpha value is -1.47. The summed E-state index contributed by atoms with van der Waals surface area (Å²) >= 11 is 0. The Morgan fingerprint density at radius 3 is 2.23 bits per heavy atom. The van der Waals surface area contributed by atoms with Crippen LogP contribution >= 0.6 is 0 Å². The molecule has 1 amide bonds. The Morgan fingerprint density at radius 2 is 1.77 bits per heavy atom. The van der Waals surface area contributed by atoms with Crippen molar-refractivity contribution in [3.05, 3.63) is 0 Å². The number of ether oxygens (including phenoxy) is 2. The third kappa shape index (κ3) is 5.73. The number of carbonyl (C=O) groups is 2. The summed E-state index contributed by atoms with van der Waals surface area (Å²) in [4.78, 5) is 24.9. The van der Waals surface area contributed by atoms with Gasteiger partial charge in [-0.05, 0) is 27.7 Å². The summed E-state index contributed by atoms with van der Waals surface area (Å²) in [6.07, 6.45) is -6.25. The predicted octanol–water partition coefficient (Wildman–Crippen LogP) is 2.99. The van der Waals surface area contributed by atoms with E-state index in [1.165, 1.54) is 0 Å². The van der Waals surface area contributed by atoms with Crippen LogP contribution in [0.1, 0.15) is 34.1 Å². The summed E-state index contributed by atoms with van der Waals surface area (Å²) in [5, 5.41) is 0. The van der Waals surface area contributed by atoms with Gasteiger partial charge in [0.15, 0.2) is 0 Å². The van der Waals surface area contributed by atoms with E-state index < -0.39 is 42.1 Å². The van der Waals surface area contributed by atoms with Crippen LogP contribution < -0.4 is 0 Å². The number of amides is 1. The number of hydrogen-bond acceptors (Lipinski definition) is 4. The van der Waals surface area contributed by atoms with Crippen LogP contribution in [0.25, 0.3) is 0 Å². The van der Waals surface area contributed by atoms with Crippen molar-refractivity contribution in [1.29, 1.82) is 0 Å². The Balaban J connectivity index is 2.81. The Morgan fingerprint density at radius 1 is 1.18 bits per heavy atom. The molecule has 0 aliphatic carbocycles. The summed E-state index contributed by atoms with van der Waals surface area (Å²) in [5.41, 5.74) is -0.751. The Labute approximate surface area is 127 Å². The molecular formula is C14H22F3NO4. The second-order valence-electron chi connectivity index (χ2n) is 6.32. The molecule has 1 heterocycles. The highest BCUT2D eigenvalue weighted by Gasteiger charge is 2.46. The highest BCUT2D eigenvalue weighted by Crippen LogP contribution is 2.35. The average molecular weight is 325 g/mol. The molecule has 1 rings (SSSR count). The van der Waals surface area contributed by atoms with E-state index in [-0.39, 0.29) is 19.7 Å². The van der Waals surface area contributed by atoms with Crippen molar-refractivity contribution in [1.82, 2.24) is 4.90 Å². The second kappa shape index (κ2) is 6.75. The fraction of sp³-hybridized carbons (Fsp3) is 0.857. The van der Waals surface area contributed by atoms with Crippen molar-refractivity contribution in [2.45, 2.75) is 45.9 Å². The van der Waals surface area contributed by atoms with Crippen molar-refractivity contribution >= 4 is 12.1 Å². The molecule has 2 atom stereocenters. The molecule has 0 N–H and O–H groups in total. The lowest BCUT2D eigenvalue weighted by Gasteiger charge is -2.24. The minimum Gasteiger partial charge on any atom is -0.466 e. The molecule has 8 heteroatoms. The van der Waals surface area contributed by atoms with Gasteiger partial charge in [0.1, 0.15) is 5.60 Å². The third-order valence-corrected chi connectivity index (χ3v) is 3.18. The molecule has 0 spiro atoms. The maximum atomic E-state index is 12.6. The average Bonchev–Trinajstić information content (AvgIpc) is 2.68. The Kier molecular flexibility index (Phi) is 5.70. The van der Waals surface area contributed by atoms with Crippen LogP contribution in [-0.2, 0) is 14.3 Å². The standard InChI is InChI=1S/C14H22F3NO4/c1-5-21-11(19)10-8-18(12(20)22-13(2,3)4)7-9(10)6-14(15,16)17/h9-10H,5-8H2,1-4H3/t9-,10-/m1/s1. The lowest BCUT2D eigenvalue weighted by molar-refractivity contribution is -0.158. The molecule has 1 saturated heterocycles. The first-order chi connectivity index (χ1) is 9.93. The topological polar surface area (TPSA) is 55.8 Å². The van der Waals surface area contributed by atoms with E-state index in [4.69, 9.17) is 9.47 Å². The minimum atomic E-state index is -4.40. The molecule has 5 nitrogen and oxygen atoms in total. The first-order valence-electron chi connectivity index (χ1n) is 7.14. The number of esters is 1. The van der Waals surface area contributed by atoms with Crippen molar-refractivity contribution < 1.29 is 32.2 Å². The highest BCUT2D eigenvalue weighted by molar-refractivity contribution is 5.76.